The number of benzene rings is 1. The summed E-state index contributed by atoms with van der Waals surface area (Å²) in [5.41, 5.74) is 1.06. The first-order chi connectivity index (χ1) is 13.0. The third-order valence-electron chi connectivity index (χ3n) is 6.92. The normalized spacial score (nSPS) is 30.6. The van der Waals surface area contributed by atoms with E-state index in [0.717, 1.165) is 23.1 Å². The lowest BCUT2D eigenvalue weighted by Gasteiger charge is -2.29. The molecule has 146 valence electrons. The highest BCUT2D eigenvalue weighted by Gasteiger charge is 2.43. The van der Waals surface area contributed by atoms with Crippen LogP contribution < -0.4 is 10.1 Å². The molecule has 3 fully saturated rings. The van der Waals surface area contributed by atoms with Crippen LogP contribution in [0.3, 0.4) is 0 Å². The summed E-state index contributed by atoms with van der Waals surface area (Å²) in [4.78, 5) is 26.9. The number of methoxy groups -OCH3 is 1. The van der Waals surface area contributed by atoms with E-state index in [2.05, 4.69) is 12.2 Å². The second-order valence-electron chi connectivity index (χ2n) is 8.66. The summed E-state index contributed by atoms with van der Waals surface area (Å²) in [6.45, 7) is 3.21. The largest absolute Gasteiger partial charge is 0.497 e. The Labute approximate surface area is 161 Å². The molecular formula is C22H30N2O3. The summed E-state index contributed by atoms with van der Waals surface area (Å²) in [5, 5.41) is 3.23. The fraction of sp³-hybridized carbons (Fsp3) is 0.636. The SMILES string of the molecule is COc1ccc(CN2CC(C(=O)NC(C)C3CC4CCC3C4)CC2=O)cc1. The van der Waals surface area contributed by atoms with E-state index in [4.69, 9.17) is 4.74 Å². The molecule has 2 amide bonds. The van der Waals surface area contributed by atoms with Gasteiger partial charge in [0.15, 0.2) is 0 Å². The topological polar surface area (TPSA) is 58.6 Å². The molecule has 1 saturated heterocycles. The van der Waals surface area contributed by atoms with Crippen molar-refractivity contribution in [2.24, 2.45) is 23.7 Å². The molecule has 1 aromatic rings. The van der Waals surface area contributed by atoms with Crippen molar-refractivity contribution < 1.29 is 14.3 Å². The summed E-state index contributed by atoms with van der Waals surface area (Å²) in [6.07, 6.45) is 5.64. The molecule has 0 aromatic heterocycles. The van der Waals surface area contributed by atoms with Crippen LogP contribution in [0.2, 0.25) is 0 Å². The molecule has 2 saturated carbocycles. The van der Waals surface area contributed by atoms with Crippen molar-refractivity contribution in [2.45, 2.75) is 51.6 Å². The molecule has 1 N–H and O–H groups in total. The summed E-state index contributed by atoms with van der Waals surface area (Å²) in [7, 11) is 1.64. The molecule has 0 radical (unpaired) electrons. The van der Waals surface area contributed by atoms with Gasteiger partial charge in [0, 0.05) is 25.6 Å². The van der Waals surface area contributed by atoms with Gasteiger partial charge in [-0.1, -0.05) is 18.6 Å². The molecule has 5 heteroatoms. The molecule has 5 nitrogen and oxygen atoms in total. The lowest BCUT2D eigenvalue weighted by atomic mass is 9.84. The summed E-state index contributed by atoms with van der Waals surface area (Å²) >= 11 is 0. The summed E-state index contributed by atoms with van der Waals surface area (Å²) in [6, 6.07) is 7.96. The van der Waals surface area contributed by atoms with Crippen molar-refractivity contribution in [2.75, 3.05) is 13.7 Å². The van der Waals surface area contributed by atoms with E-state index in [0.29, 0.717) is 25.4 Å². The van der Waals surface area contributed by atoms with Crippen LogP contribution in [0, 0.1) is 23.7 Å². The second-order valence-corrected chi connectivity index (χ2v) is 8.66. The van der Waals surface area contributed by atoms with Gasteiger partial charge in [0.05, 0.1) is 13.0 Å². The fourth-order valence-electron chi connectivity index (χ4n) is 5.41. The van der Waals surface area contributed by atoms with Gasteiger partial charge >= 0.3 is 0 Å². The minimum atomic E-state index is -0.225. The van der Waals surface area contributed by atoms with Crippen LogP contribution in [0.5, 0.6) is 5.75 Å². The lowest BCUT2D eigenvalue weighted by Crippen LogP contribution is -2.43. The number of fused-ring (bicyclic) bond motifs is 2. The number of rotatable bonds is 6. The van der Waals surface area contributed by atoms with Crippen LogP contribution >= 0.6 is 0 Å². The second kappa shape index (κ2) is 7.53. The van der Waals surface area contributed by atoms with Crippen LogP contribution in [-0.4, -0.2) is 36.4 Å². The van der Waals surface area contributed by atoms with Crippen molar-refractivity contribution in [3.63, 3.8) is 0 Å². The molecule has 2 aliphatic carbocycles. The van der Waals surface area contributed by atoms with Crippen molar-refractivity contribution in [3.8, 4) is 5.75 Å². The number of nitrogens with zero attached hydrogens (tertiary/aromatic N) is 1. The van der Waals surface area contributed by atoms with Crippen LogP contribution in [0.15, 0.2) is 24.3 Å². The van der Waals surface area contributed by atoms with Gasteiger partial charge in [-0.2, -0.15) is 0 Å². The molecule has 1 aromatic carbocycles. The predicted molar refractivity (Wildman–Crippen MR) is 103 cm³/mol. The summed E-state index contributed by atoms with van der Waals surface area (Å²) < 4.78 is 5.17. The zero-order chi connectivity index (χ0) is 19.0. The van der Waals surface area contributed by atoms with Gasteiger partial charge in [-0.05, 0) is 61.6 Å². The number of ether oxygens (including phenoxy) is 1. The summed E-state index contributed by atoms with van der Waals surface area (Å²) in [5.74, 6) is 3.00. The molecule has 2 bridgehead atoms. The molecule has 1 aliphatic heterocycles. The Morgan fingerprint density at radius 1 is 1.26 bits per heavy atom. The fourth-order valence-corrected chi connectivity index (χ4v) is 5.41. The molecule has 5 unspecified atom stereocenters. The number of likely N-dealkylation sites (tertiary alicyclic amines) is 1. The Morgan fingerprint density at radius 3 is 2.67 bits per heavy atom. The quantitative estimate of drug-likeness (QED) is 0.837. The van der Waals surface area contributed by atoms with Gasteiger partial charge in [0.2, 0.25) is 11.8 Å². The Balaban J connectivity index is 1.30. The maximum absolute atomic E-state index is 12.7. The van der Waals surface area contributed by atoms with Crippen molar-refractivity contribution in [1.29, 1.82) is 0 Å². The third-order valence-corrected chi connectivity index (χ3v) is 6.92. The van der Waals surface area contributed by atoms with E-state index >= 15 is 0 Å². The number of carbonyl (C=O) groups is 2. The van der Waals surface area contributed by atoms with Crippen LogP contribution in [-0.2, 0) is 16.1 Å². The molecule has 4 rings (SSSR count). The van der Waals surface area contributed by atoms with E-state index in [1.54, 1.807) is 12.0 Å². The van der Waals surface area contributed by atoms with Gasteiger partial charge in [-0.15, -0.1) is 0 Å². The monoisotopic (exact) mass is 370 g/mol. The molecule has 0 spiro atoms. The average Bonchev–Trinajstić information content (AvgIpc) is 3.39. The van der Waals surface area contributed by atoms with Gasteiger partial charge < -0.3 is 15.0 Å². The van der Waals surface area contributed by atoms with Crippen LogP contribution in [0.25, 0.3) is 0 Å². The van der Waals surface area contributed by atoms with Crippen LogP contribution in [0.1, 0.15) is 44.6 Å². The molecule has 3 aliphatic rings. The minimum absolute atomic E-state index is 0.0517. The average molecular weight is 370 g/mol. The first kappa shape index (κ1) is 18.3. The number of nitrogens with one attached hydrogen (secondary N) is 1. The highest BCUT2D eigenvalue weighted by atomic mass is 16.5. The van der Waals surface area contributed by atoms with E-state index in [-0.39, 0.29) is 23.8 Å². The minimum Gasteiger partial charge on any atom is -0.497 e. The zero-order valence-electron chi connectivity index (χ0n) is 16.3. The number of carbonyl (C=O) groups excluding carboxylic acids is 2. The van der Waals surface area contributed by atoms with Crippen molar-refractivity contribution >= 4 is 11.8 Å². The molecule has 1 heterocycles. The highest BCUT2D eigenvalue weighted by molar-refractivity contribution is 5.89. The Morgan fingerprint density at radius 2 is 2.04 bits per heavy atom. The molecular weight excluding hydrogens is 340 g/mol. The highest BCUT2D eigenvalue weighted by Crippen LogP contribution is 2.49. The third kappa shape index (κ3) is 3.83. The van der Waals surface area contributed by atoms with E-state index in [9.17, 15) is 9.59 Å². The number of amides is 2. The van der Waals surface area contributed by atoms with Gasteiger partial charge in [0.1, 0.15) is 5.75 Å². The Hall–Kier alpha value is -2.04. The predicted octanol–water partition coefficient (Wildman–Crippen LogP) is 2.98. The van der Waals surface area contributed by atoms with Gasteiger partial charge in [-0.25, -0.2) is 0 Å². The maximum atomic E-state index is 12.7. The number of hydrogen-bond acceptors (Lipinski definition) is 3. The first-order valence-electron chi connectivity index (χ1n) is 10.2. The van der Waals surface area contributed by atoms with Crippen molar-refractivity contribution in [1.82, 2.24) is 10.2 Å². The maximum Gasteiger partial charge on any atom is 0.225 e. The van der Waals surface area contributed by atoms with E-state index in [1.807, 2.05) is 24.3 Å². The van der Waals surface area contributed by atoms with Gasteiger partial charge in [0.25, 0.3) is 0 Å². The molecule has 27 heavy (non-hydrogen) atoms. The van der Waals surface area contributed by atoms with E-state index < -0.39 is 0 Å². The van der Waals surface area contributed by atoms with Gasteiger partial charge in [-0.3, -0.25) is 9.59 Å². The van der Waals surface area contributed by atoms with E-state index in [1.165, 1.54) is 25.7 Å². The lowest BCUT2D eigenvalue weighted by molar-refractivity contribution is -0.129. The zero-order valence-corrected chi connectivity index (χ0v) is 16.3. The smallest absolute Gasteiger partial charge is 0.225 e. The first-order valence-corrected chi connectivity index (χ1v) is 10.2. The molecule has 5 atom stereocenters. The van der Waals surface area contributed by atoms with Crippen molar-refractivity contribution in [3.05, 3.63) is 29.8 Å². The standard InChI is InChI=1S/C22H30N2O3/c1-14(20-10-16-3-6-17(20)9-16)23-22(26)18-11-21(25)24(13-18)12-15-4-7-19(27-2)8-5-15/h4-5,7-8,14,16-18,20H,3,6,9-13H2,1-2H3,(H,23,26). The van der Waals surface area contributed by atoms with Crippen LogP contribution in [0.4, 0.5) is 0 Å². The Bertz CT molecular complexity index is 702. The number of hydrogen-bond donors (Lipinski definition) is 1. The Kier molecular flexibility index (Phi) is 5.11.